The van der Waals surface area contributed by atoms with Crippen molar-refractivity contribution in [2.45, 2.75) is 47.0 Å². The first-order valence-corrected chi connectivity index (χ1v) is 9.29. The van der Waals surface area contributed by atoms with Crippen molar-refractivity contribution in [3.8, 4) is 0 Å². The Kier molecular flexibility index (Phi) is 5.98. The number of piperidine rings is 1. The average molecular weight is 353 g/mol. The van der Waals surface area contributed by atoms with Gasteiger partial charge in [-0.15, -0.1) is 11.3 Å². The number of hydrogen-bond acceptors (Lipinski definition) is 5. The van der Waals surface area contributed by atoms with Crippen LogP contribution in [0.15, 0.2) is 5.38 Å². The van der Waals surface area contributed by atoms with Gasteiger partial charge in [-0.3, -0.25) is 9.59 Å². The number of carbonyl (C=O) groups excluding carboxylic acids is 2. The zero-order valence-corrected chi connectivity index (χ0v) is 15.8. The van der Waals surface area contributed by atoms with Crippen molar-refractivity contribution >= 4 is 28.3 Å². The minimum atomic E-state index is -0.465. The van der Waals surface area contributed by atoms with E-state index in [1.165, 1.54) is 11.3 Å². The summed E-state index contributed by atoms with van der Waals surface area (Å²) in [7, 11) is 0. The molecule has 1 saturated heterocycles. The van der Waals surface area contributed by atoms with Gasteiger partial charge in [-0.1, -0.05) is 27.7 Å². The molecule has 1 aromatic rings. The molecule has 2 rings (SSSR count). The highest BCUT2D eigenvalue weighted by Crippen LogP contribution is 2.26. The molecule has 0 aromatic carbocycles. The van der Waals surface area contributed by atoms with Crippen LogP contribution in [-0.4, -0.2) is 36.4 Å². The van der Waals surface area contributed by atoms with Gasteiger partial charge >= 0.3 is 0 Å². The molecular formula is C17H28N4O2S. The van der Waals surface area contributed by atoms with E-state index >= 15 is 0 Å². The third-order valence-electron chi connectivity index (χ3n) is 4.32. The van der Waals surface area contributed by atoms with Crippen molar-refractivity contribution in [1.29, 1.82) is 0 Å². The number of amides is 2. The lowest BCUT2D eigenvalue weighted by Gasteiger charge is -2.34. The van der Waals surface area contributed by atoms with Crippen LogP contribution >= 0.6 is 11.3 Å². The summed E-state index contributed by atoms with van der Waals surface area (Å²) in [6.07, 6.45) is 2.40. The molecule has 0 unspecified atom stereocenters. The summed E-state index contributed by atoms with van der Waals surface area (Å²) in [4.78, 5) is 28.4. The summed E-state index contributed by atoms with van der Waals surface area (Å²) < 4.78 is 0. The number of thiazole rings is 1. The molecule has 0 atom stereocenters. The summed E-state index contributed by atoms with van der Waals surface area (Å²) in [6.45, 7) is 10.5. The van der Waals surface area contributed by atoms with Gasteiger partial charge in [0, 0.05) is 17.3 Å². The van der Waals surface area contributed by atoms with Crippen LogP contribution in [0.2, 0.25) is 0 Å². The predicted molar refractivity (Wildman–Crippen MR) is 97.1 cm³/mol. The third kappa shape index (κ3) is 5.56. The van der Waals surface area contributed by atoms with Crippen molar-refractivity contribution < 1.29 is 9.59 Å². The SMILES string of the molecule is CC1(CNC(=O)Cc2csc(NC(=O)C(C)(C)C)n2)CCNCC1. The molecule has 0 saturated carbocycles. The summed E-state index contributed by atoms with van der Waals surface area (Å²) in [5, 5.41) is 11.5. The summed E-state index contributed by atoms with van der Waals surface area (Å²) in [5.74, 6) is -0.0968. The minimum absolute atomic E-state index is 0.0197. The fourth-order valence-electron chi connectivity index (χ4n) is 2.48. The maximum Gasteiger partial charge on any atom is 0.231 e. The zero-order chi connectivity index (χ0) is 17.8. The zero-order valence-electron chi connectivity index (χ0n) is 15.0. The van der Waals surface area contributed by atoms with E-state index < -0.39 is 5.41 Å². The highest BCUT2D eigenvalue weighted by molar-refractivity contribution is 7.13. The number of rotatable bonds is 5. The molecule has 24 heavy (non-hydrogen) atoms. The number of carbonyl (C=O) groups is 2. The van der Waals surface area contributed by atoms with Crippen LogP contribution in [0.5, 0.6) is 0 Å². The molecule has 134 valence electrons. The smallest absolute Gasteiger partial charge is 0.231 e. The van der Waals surface area contributed by atoms with Crippen molar-refractivity contribution in [2.75, 3.05) is 25.0 Å². The molecular weight excluding hydrogens is 324 g/mol. The Labute approximate surface area is 147 Å². The molecule has 2 amide bonds. The van der Waals surface area contributed by atoms with Gasteiger partial charge < -0.3 is 16.0 Å². The fourth-order valence-corrected chi connectivity index (χ4v) is 3.18. The lowest BCUT2D eigenvalue weighted by atomic mass is 9.81. The van der Waals surface area contributed by atoms with Crippen LogP contribution in [0.1, 0.15) is 46.2 Å². The fraction of sp³-hybridized carbons (Fsp3) is 0.706. The first kappa shape index (κ1) is 18.9. The van der Waals surface area contributed by atoms with E-state index in [0.717, 1.165) is 25.9 Å². The molecule has 1 fully saturated rings. The standard InChI is InChI=1S/C17H28N4O2S/c1-16(2,3)14(23)21-15-20-12(10-24-15)9-13(22)19-11-17(4)5-7-18-8-6-17/h10,18H,5-9,11H2,1-4H3,(H,19,22)(H,20,21,23). The van der Waals surface area contributed by atoms with Gasteiger partial charge in [-0.05, 0) is 31.3 Å². The van der Waals surface area contributed by atoms with E-state index in [1.54, 1.807) is 0 Å². The van der Waals surface area contributed by atoms with E-state index in [1.807, 2.05) is 26.2 Å². The molecule has 3 N–H and O–H groups in total. The Morgan fingerprint density at radius 2 is 2.00 bits per heavy atom. The highest BCUT2D eigenvalue weighted by Gasteiger charge is 2.27. The first-order chi connectivity index (χ1) is 11.2. The number of hydrogen-bond donors (Lipinski definition) is 3. The normalized spacial score (nSPS) is 17.3. The van der Waals surface area contributed by atoms with E-state index in [2.05, 4.69) is 27.9 Å². The monoisotopic (exact) mass is 352 g/mol. The van der Waals surface area contributed by atoms with Gasteiger partial charge in [0.05, 0.1) is 12.1 Å². The number of anilines is 1. The van der Waals surface area contributed by atoms with Crippen LogP contribution < -0.4 is 16.0 Å². The summed E-state index contributed by atoms with van der Waals surface area (Å²) >= 11 is 1.35. The molecule has 7 heteroatoms. The second-order valence-electron chi connectivity index (χ2n) is 7.86. The lowest BCUT2D eigenvalue weighted by Crippen LogP contribution is -2.43. The number of nitrogens with zero attached hydrogens (tertiary/aromatic N) is 1. The Morgan fingerprint density at radius 1 is 1.33 bits per heavy atom. The van der Waals surface area contributed by atoms with Crippen molar-refractivity contribution in [1.82, 2.24) is 15.6 Å². The average Bonchev–Trinajstić information content (AvgIpc) is 2.92. The topological polar surface area (TPSA) is 83.1 Å². The Balaban J connectivity index is 1.81. The quantitative estimate of drug-likeness (QED) is 0.758. The predicted octanol–water partition coefficient (Wildman–Crippen LogP) is 2.18. The second kappa shape index (κ2) is 7.61. The largest absolute Gasteiger partial charge is 0.355 e. The summed E-state index contributed by atoms with van der Waals surface area (Å²) in [6, 6.07) is 0. The van der Waals surface area contributed by atoms with Gasteiger partial charge in [-0.25, -0.2) is 4.98 Å². The van der Waals surface area contributed by atoms with E-state index in [0.29, 0.717) is 17.4 Å². The Morgan fingerprint density at radius 3 is 2.62 bits per heavy atom. The first-order valence-electron chi connectivity index (χ1n) is 8.41. The van der Waals surface area contributed by atoms with Crippen molar-refractivity contribution in [3.05, 3.63) is 11.1 Å². The second-order valence-corrected chi connectivity index (χ2v) is 8.72. The highest BCUT2D eigenvalue weighted by atomic mass is 32.1. The van der Waals surface area contributed by atoms with Crippen LogP contribution in [0.4, 0.5) is 5.13 Å². The molecule has 1 aliphatic heterocycles. The van der Waals surface area contributed by atoms with E-state index in [-0.39, 0.29) is 23.7 Å². The van der Waals surface area contributed by atoms with E-state index in [4.69, 9.17) is 0 Å². The third-order valence-corrected chi connectivity index (χ3v) is 5.12. The molecule has 6 nitrogen and oxygen atoms in total. The van der Waals surface area contributed by atoms with Gasteiger partial charge in [0.15, 0.2) is 5.13 Å². The number of nitrogens with one attached hydrogen (secondary N) is 3. The van der Waals surface area contributed by atoms with Crippen molar-refractivity contribution in [3.63, 3.8) is 0 Å². The maximum atomic E-state index is 12.1. The lowest BCUT2D eigenvalue weighted by molar-refractivity contribution is -0.123. The molecule has 0 radical (unpaired) electrons. The molecule has 1 aromatic heterocycles. The summed E-state index contributed by atoms with van der Waals surface area (Å²) in [5.41, 5.74) is 0.402. The van der Waals surface area contributed by atoms with Gasteiger partial charge in [0.1, 0.15) is 0 Å². The molecule has 1 aliphatic rings. The molecule has 2 heterocycles. The van der Waals surface area contributed by atoms with Crippen LogP contribution in [-0.2, 0) is 16.0 Å². The van der Waals surface area contributed by atoms with Gasteiger partial charge in [0.25, 0.3) is 0 Å². The van der Waals surface area contributed by atoms with Crippen LogP contribution in [0, 0.1) is 10.8 Å². The molecule has 0 spiro atoms. The number of aromatic nitrogens is 1. The van der Waals surface area contributed by atoms with Gasteiger partial charge in [-0.2, -0.15) is 0 Å². The van der Waals surface area contributed by atoms with Gasteiger partial charge in [0.2, 0.25) is 11.8 Å². The Bertz CT molecular complexity index is 586. The van der Waals surface area contributed by atoms with Crippen LogP contribution in [0.25, 0.3) is 0 Å². The maximum absolute atomic E-state index is 12.1. The molecule has 0 aliphatic carbocycles. The van der Waals surface area contributed by atoms with Crippen LogP contribution in [0.3, 0.4) is 0 Å². The van der Waals surface area contributed by atoms with E-state index in [9.17, 15) is 9.59 Å². The minimum Gasteiger partial charge on any atom is -0.355 e. The Hall–Kier alpha value is -1.47. The molecule has 0 bridgehead atoms. The van der Waals surface area contributed by atoms with Crippen molar-refractivity contribution in [2.24, 2.45) is 10.8 Å².